The van der Waals surface area contributed by atoms with E-state index in [1.165, 1.54) is 12.8 Å². The third-order valence-corrected chi connectivity index (χ3v) is 3.79. The molecule has 0 amide bonds. The van der Waals surface area contributed by atoms with E-state index in [9.17, 15) is 0 Å². The van der Waals surface area contributed by atoms with Crippen LogP contribution in [0.4, 0.5) is 23.1 Å². The molecule has 1 fully saturated rings. The minimum Gasteiger partial charge on any atom is -0.388 e. The van der Waals surface area contributed by atoms with Crippen molar-refractivity contribution in [1.82, 2.24) is 9.97 Å². The molecule has 110 valence electrons. The van der Waals surface area contributed by atoms with Crippen LogP contribution in [0.3, 0.4) is 0 Å². The van der Waals surface area contributed by atoms with Crippen molar-refractivity contribution in [2.75, 3.05) is 23.0 Å². The lowest BCUT2D eigenvalue weighted by Gasteiger charge is -2.13. The van der Waals surface area contributed by atoms with Crippen molar-refractivity contribution in [3.8, 4) is 0 Å². The third-order valence-electron chi connectivity index (χ3n) is 3.51. The molecule has 1 heterocycles. The Kier molecular flexibility index (Phi) is 3.84. The van der Waals surface area contributed by atoms with Gasteiger partial charge in [0.15, 0.2) is 5.82 Å². The average Bonchev–Trinajstić information content (AvgIpc) is 3.29. The second-order valence-corrected chi connectivity index (χ2v) is 5.57. The molecule has 1 aliphatic carbocycles. The summed E-state index contributed by atoms with van der Waals surface area (Å²) in [4.78, 5) is 8.70. The van der Waals surface area contributed by atoms with E-state index in [2.05, 4.69) is 25.9 Å². The fraction of sp³-hybridized carbons (Fsp3) is 0.333. The first kappa shape index (κ1) is 13.9. The van der Waals surface area contributed by atoms with Crippen molar-refractivity contribution in [3.63, 3.8) is 0 Å². The van der Waals surface area contributed by atoms with E-state index < -0.39 is 0 Å². The van der Waals surface area contributed by atoms with Crippen LogP contribution >= 0.6 is 11.6 Å². The van der Waals surface area contributed by atoms with Gasteiger partial charge >= 0.3 is 0 Å². The molecule has 1 aromatic carbocycles. The number of rotatable bonds is 5. The largest absolute Gasteiger partial charge is 0.388 e. The SMILES string of the molecule is CNc1cccc(Nc2ncc(Cl)c(NC3CC3)n2)c1C. The summed E-state index contributed by atoms with van der Waals surface area (Å²) in [6, 6.07) is 6.52. The molecule has 3 N–H and O–H groups in total. The van der Waals surface area contributed by atoms with Crippen LogP contribution in [0.5, 0.6) is 0 Å². The van der Waals surface area contributed by atoms with E-state index in [1.54, 1.807) is 6.20 Å². The molecule has 1 aliphatic rings. The summed E-state index contributed by atoms with van der Waals surface area (Å²) in [6.45, 7) is 2.05. The van der Waals surface area contributed by atoms with Crippen LogP contribution in [-0.4, -0.2) is 23.1 Å². The van der Waals surface area contributed by atoms with E-state index in [0.29, 0.717) is 22.8 Å². The van der Waals surface area contributed by atoms with Gasteiger partial charge in [-0.25, -0.2) is 4.98 Å². The maximum absolute atomic E-state index is 6.12. The lowest BCUT2D eigenvalue weighted by molar-refractivity contribution is 1.08. The van der Waals surface area contributed by atoms with Crippen LogP contribution in [0.2, 0.25) is 5.02 Å². The molecule has 0 aliphatic heterocycles. The number of halogens is 1. The number of benzene rings is 1. The first-order valence-corrected chi connectivity index (χ1v) is 7.38. The molecule has 0 spiro atoms. The smallest absolute Gasteiger partial charge is 0.229 e. The van der Waals surface area contributed by atoms with Gasteiger partial charge < -0.3 is 16.0 Å². The van der Waals surface area contributed by atoms with Crippen LogP contribution < -0.4 is 16.0 Å². The van der Waals surface area contributed by atoms with Gasteiger partial charge in [-0.2, -0.15) is 4.98 Å². The van der Waals surface area contributed by atoms with Crippen molar-refractivity contribution >= 4 is 34.7 Å². The Morgan fingerprint density at radius 2 is 2.00 bits per heavy atom. The lowest BCUT2D eigenvalue weighted by atomic mass is 10.1. The van der Waals surface area contributed by atoms with Gasteiger partial charge in [0.25, 0.3) is 0 Å². The Morgan fingerprint density at radius 3 is 2.71 bits per heavy atom. The molecule has 0 atom stereocenters. The van der Waals surface area contributed by atoms with E-state index in [-0.39, 0.29) is 0 Å². The predicted molar refractivity (Wildman–Crippen MR) is 87.7 cm³/mol. The van der Waals surface area contributed by atoms with Crippen LogP contribution in [-0.2, 0) is 0 Å². The van der Waals surface area contributed by atoms with Gasteiger partial charge in [-0.1, -0.05) is 17.7 Å². The number of hydrogen-bond donors (Lipinski definition) is 3. The van der Waals surface area contributed by atoms with Gasteiger partial charge in [0, 0.05) is 24.5 Å². The van der Waals surface area contributed by atoms with E-state index in [0.717, 1.165) is 16.9 Å². The average molecular weight is 304 g/mol. The van der Waals surface area contributed by atoms with Crippen molar-refractivity contribution < 1.29 is 0 Å². The summed E-state index contributed by atoms with van der Waals surface area (Å²) in [7, 11) is 1.91. The molecule has 3 rings (SSSR count). The van der Waals surface area contributed by atoms with E-state index >= 15 is 0 Å². The number of nitrogens with one attached hydrogen (secondary N) is 3. The molecule has 21 heavy (non-hydrogen) atoms. The maximum atomic E-state index is 6.12. The molecule has 1 aromatic heterocycles. The summed E-state index contributed by atoms with van der Waals surface area (Å²) in [5, 5.41) is 10.3. The molecule has 6 heteroatoms. The van der Waals surface area contributed by atoms with Gasteiger partial charge in [0.1, 0.15) is 5.02 Å². The molecular weight excluding hydrogens is 286 g/mol. The summed E-state index contributed by atoms with van der Waals surface area (Å²) < 4.78 is 0. The number of nitrogens with zero attached hydrogens (tertiary/aromatic N) is 2. The van der Waals surface area contributed by atoms with Crippen LogP contribution in [0.15, 0.2) is 24.4 Å². The molecule has 0 saturated heterocycles. The van der Waals surface area contributed by atoms with E-state index in [1.807, 2.05) is 32.2 Å². The maximum Gasteiger partial charge on any atom is 0.229 e. The van der Waals surface area contributed by atoms with Crippen LogP contribution in [0.1, 0.15) is 18.4 Å². The highest BCUT2D eigenvalue weighted by Gasteiger charge is 2.22. The van der Waals surface area contributed by atoms with Gasteiger partial charge in [0.2, 0.25) is 5.95 Å². The third kappa shape index (κ3) is 3.19. The first-order valence-electron chi connectivity index (χ1n) is 7.01. The summed E-state index contributed by atoms with van der Waals surface area (Å²) in [6.07, 6.45) is 3.97. The van der Waals surface area contributed by atoms with Crippen molar-refractivity contribution in [2.24, 2.45) is 0 Å². The monoisotopic (exact) mass is 303 g/mol. The number of hydrogen-bond acceptors (Lipinski definition) is 5. The predicted octanol–water partition coefficient (Wildman–Crippen LogP) is 3.80. The summed E-state index contributed by atoms with van der Waals surface area (Å²) in [5.41, 5.74) is 3.17. The zero-order valence-corrected chi connectivity index (χ0v) is 12.8. The van der Waals surface area contributed by atoms with Crippen LogP contribution in [0.25, 0.3) is 0 Å². The highest BCUT2D eigenvalue weighted by atomic mass is 35.5. The Hall–Kier alpha value is -2.01. The molecule has 2 aromatic rings. The standard InChI is InChI=1S/C15H18ClN5/c1-9-12(17-2)4-3-5-13(9)20-15-18-8-11(16)14(21-15)19-10-6-7-10/h3-5,8,10,17H,6-7H2,1-2H3,(H2,18,19,20,21). The molecule has 0 bridgehead atoms. The quantitative estimate of drug-likeness (QED) is 0.784. The Bertz CT molecular complexity index is 655. The van der Waals surface area contributed by atoms with Gasteiger partial charge in [0.05, 0.1) is 6.20 Å². The fourth-order valence-electron chi connectivity index (χ4n) is 2.11. The zero-order valence-electron chi connectivity index (χ0n) is 12.1. The highest BCUT2D eigenvalue weighted by Crippen LogP contribution is 2.29. The molecular formula is C15H18ClN5. The Morgan fingerprint density at radius 1 is 1.24 bits per heavy atom. The first-order chi connectivity index (χ1) is 10.2. The van der Waals surface area contributed by atoms with Gasteiger partial charge in [-0.3, -0.25) is 0 Å². The highest BCUT2D eigenvalue weighted by molar-refractivity contribution is 6.32. The normalized spacial score (nSPS) is 13.9. The van der Waals surface area contributed by atoms with E-state index in [4.69, 9.17) is 11.6 Å². The molecule has 1 saturated carbocycles. The molecule has 0 unspecified atom stereocenters. The van der Waals surface area contributed by atoms with Crippen molar-refractivity contribution in [2.45, 2.75) is 25.8 Å². The minimum absolute atomic E-state index is 0.500. The van der Waals surface area contributed by atoms with Crippen LogP contribution in [0, 0.1) is 6.92 Å². The zero-order chi connectivity index (χ0) is 14.8. The Balaban J connectivity index is 1.84. The van der Waals surface area contributed by atoms with Gasteiger partial charge in [-0.05, 0) is 37.5 Å². The van der Waals surface area contributed by atoms with Crippen molar-refractivity contribution in [3.05, 3.63) is 35.0 Å². The minimum atomic E-state index is 0.500. The summed E-state index contributed by atoms with van der Waals surface area (Å²) in [5.74, 6) is 1.23. The molecule has 0 radical (unpaired) electrons. The Labute approximate surface area is 129 Å². The van der Waals surface area contributed by atoms with Crippen molar-refractivity contribution in [1.29, 1.82) is 0 Å². The topological polar surface area (TPSA) is 61.9 Å². The second kappa shape index (κ2) is 5.77. The lowest BCUT2D eigenvalue weighted by Crippen LogP contribution is -2.07. The number of anilines is 4. The fourth-order valence-corrected chi connectivity index (χ4v) is 2.26. The summed E-state index contributed by atoms with van der Waals surface area (Å²) >= 11 is 6.12. The number of aromatic nitrogens is 2. The van der Waals surface area contributed by atoms with Gasteiger partial charge in [-0.15, -0.1) is 0 Å². The molecule has 5 nitrogen and oxygen atoms in total. The second-order valence-electron chi connectivity index (χ2n) is 5.16.